The molecule has 9 heteroatoms. The van der Waals surface area contributed by atoms with Gasteiger partial charge in [-0.15, -0.1) is 0 Å². The first-order chi connectivity index (χ1) is 12.8. The molecule has 0 fully saturated rings. The van der Waals surface area contributed by atoms with Crippen LogP contribution in [0.15, 0.2) is 12.1 Å². The van der Waals surface area contributed by atoms with Gasteiger partial charge in [-0.25, -0.2) is 14.4 Å². The number of aryl methyl sites for hydroxylation is 1. The summed E-state index contributed by atoms with van der Waals surface area (Å²) < 4.78 is 24.7. The van der Waals surface area contributed by atoms with Gasteiger partial charge in [-0.2, -0.15) is 18.4 Å². The number of hydrogen-bond acceptors (Lipinski definition) is 8. The summed E-state index contributed by atoms with van der Waals surface area (Å²) in [5.41, 5.74) is 1.41. The van der Waals surface area contributed by atoms with E-state index in [0.29, 0.717) is 22.0 Å². The first-order valence-electron chi connectivity index (χ1n) is 7.99. The zero-order chi connectivity index (χ0) is 20.6. The topological polar surface area (TPSA) is 101 Å². The van der Waals surface area contributed by atoms with E-state index < -0.39 is 24.2 Å². The van der Waals surface area contributed by atoms with E-state index in [-0.39, 0.29) is 6.42 Å². The van der Waals surface area contributed by atoms with Crippen LogP contribution in [0.3, 0.4) is 0 Å². The third kappa shape index (κ3) is 5.25. The van der Waals surface area contributed by atoms with Gasteiger partial charge in [-0.3, -0.25) is 0 Å². The fourth-order valence-corrected chi connectivity index (χ4v) is 2.45. The van der Waals surface area contributed by atoms with Gasteiger partial charge in [0.25, 0.3) is 0 Å². The fourth-order valence-electron chi connectivity index (χ4n) is 2.45. The highest BCUT2D eigenvalue weighted by Gasteiger charge is 2.37. The lowest BCUT2D eigenvalue weighted by Gasteiger charge is -2.29. The maximum atomic E-state index is 12.3. The van der Waals surface area contributed by atoms with Gasteiger partial charge in [0.2, 0.25) is 0 Å². The average molecular weight is 382 g/mol. The lowest BCUT2D eigenvalue weighted by atomic mass is 9.99. The molecule has 2 amide bonds. The van der Waals surface area contributed by atoms with E-state index in [1.165, 1.54) is 21.1 Å². The molecule has 0 aliphatic heterocycles. The first-order valence-corrected chi connectivity index (χ1v) is 7.99. The molecule has 1 aromatic carbocycles. The van der Waals surface area contributed by atoms with Crippen molar-refractivity contribution in [1.82, 2.24) is 4.90 Å². The van der Waals surface area contributed by atoms with E-state index in [4.69, 9.17) is 18.9 Å². The van der Waals surface area contributed by atoms with Crippen molar-refractivity contribution in [3.63, 3.8) is 0 Å². The van der Waals surface area contributed by atoms with Crippen molar-refractivity contribution >= 4 is 18.2 Å². The molecule has 1 aromatic rings. The Bertz CT molecular complexity index is 688. The van der Waals surface area contributed by atoms with Crippen LogP contribution in [0.5, 0.6) is 11.5 Å². The molecule has 0 aromatic heterocycles. The third-order valence-corrected chi connectivity index (χ3v) is 3.83. The van der Waals surface area contributed by atoms with Crippen LogP contribution in [0.1, 0.15) is 18.1 Å². The Hall–Kier alpha value is -2.97. The predicted molar refractivity (Wildman–Crippen MR) is 94.5 cm³/mol. The Kier molecular flexibility index (Phi) is 8.37. The monoisotopic (exact) mass is 382 g/mol. The quantitative estimate of drug-likeness (QED) is 0.403. The largest absolute Gasteiger partial charge is 0.621 e. The van der Waals surface area contributed by atoms with Crippen LogP contribution in [0.2, 0.25) is 0 Å². The number of nitrogens with zero attached hydrogens (tertiary/aromatic N) is 1. The average Bonchev–Trinajstić information content (AvgIpc) is 2.67. The molecule has 0 saturated carbocycles. The molecule has 27 heavy (non-hydrogen) atoms. The van der Waals surface area contributed by atoms with E-state index in [1.54, 1.807) is 19.1 Å². The molecular formula is C18H24NO8-. The highest BCUT2D eigenvalue weighted by molar-refractivity contribution is 5.94. The van der Waals surface area contributed by atoms with Gasteiger partial charge in [-0.1, -0.05) is 0 Å². The summed E-state index contributed by atoms with van der Waals surface area (Å²) in [5, 5.41) is 0. The minimum atomic E-state index is -1.30. The van der Waals surface area contributed by atoms with Crippen LogP contribution >= 0.6 is 0 Å². The van der Waals surface area contributed by atoms with Crippen molar-refractivity contribution in [2.24, 2.45) is 0 Å². The SMILES string of the molecule is C[CH-]OC(=O)N(C(=O)OC)C(Cc1cc(OC)c(OC)cc1C)C(=O)OC. The van der Waals surface area contributed by atoms with Gasteiger partial charge in [0, 0.05) is 6.42 Å². The second kappa shape index (κ2) is 10.2. The van der Waals surface area contributed by atoms with Crippen LogP contribution in [0.4, 0.5) is 9.59 Å². The second-order valence-corrected chi connectivity index (χ2v) is 5.34. The van der Waals surface area contributed by atoms with Crippen molar-refractivity contribution in [3.8, 4) is 11.5 Å². The van der Waals surface area contributed by atoms with E-state index >= 15 is 0 Å². The number of benzene rings is 1. The van der Waals surface area contributed by atoms with Crippen molar-refractivity contribution in [1.29, 1.82) is 0 Å². The summed E-state index contributed by atoms with van der Waals surface area (Å²) in [5.74, 6) is 0.150. The highest BCUT2D eigenvalue weighted by Crippen LogP contribution is 2.31. The molecule has 9 nitrogen and oxygen atoms in total. The van der Waals surface area contributed by atoms with Gasteiger partial charge >= 0.3 is 18.2 Å². The van der Waals surface area contributed by atoms with Gasteiger partial charge in [0.05, 0.1) is 28.4 Å². The van der Waals surface area contributed by atoms with Gasteiger partial charge in [0.15, 0.2) is 11.5 Å². The number of rotatable bonds is 7. The maximum Gasteiger partial charge on any atom is 0.419 e. The van der Waals surface area contributed by atoms with Crippen molar-refractivity contribution < 1.29 is 38.1 Å². The molecule has 150 valence electrons. The number of imide groups is 1. The van der Waals surface area contributed by atoms with Gasteiger partial charge < -0.3 is 23.7 Å². The van der Waals surface area contributed by atoms with E-state index in [0.717, 1.165) is 26.4 Å². The Balaban J connectivity index is 3.37. The number of ether oxygens (including phenoxy) is 5. The first kappa shape index (κ1) is 22.1. The molecule has 0 bridgehead atoms. The Morgan fingerprint density at radius 1 is 1.00 bits per heavy atom. The number of carbonyl (C=O) groups is 3. The maximum absolute atomic E-state index is 12.3. The van der Waals surface area contributed by atoms with Crippen molar-refractivity contribution in [2.45, 2.75) is 26.3 Å². The summed E-state index contributed by atoms with van der Waals surface area (Å²) in [7, 11) is 5.23. The molecule has 1 unspecified atom stereocenters. The summed E-state index contributed by atoms with van der Waals surface area (Å²) in [4.78, 5) is 37.3. The van der Waals surface area contributed by atoms with Gasteiger partial charge in [0.1, 0.15) is 6.04 Å². The normalized spacial score (nSPS) is 11.2. The number of esters is 1. The lowest BCUT2D eigenvalue weighted by molar-refractivity contribution is -0.145. The number of amides is 2. The van der Waals surface area contributed by atoms with Crippen LogP contribution in [0, 0.1) is 13.5 Å². The van der Waals surface area contributed by atoms with Crippen LogP contribution in [0.25, 0.3) is 0 Å². The summed E-state index contributed by atoms with van der Waals surface area (Å²) >= 11 is 0. The Labute approximate surface area is 158 Å². The smallest absolute Gasteiger partial charge is 0.419 e. The fraction of sp³-hybridized carbons (Fsp3) is 0.444. The predicted octanol–water partition coefficient (Wildman–Crippen LogP) is 2.48. The standard InChI is InChI=1S/C18H24NO8/c1-7-27-18(22)19(17(21)26-6)13(16(20)25-5)9-12-10-15(24-4)14(23-3)8-11(12)2/h7-8,10,13H,9H2,1-6H3/q-1. The van der Waals surface area contributed by atoms with E-state index in [2.05, 4.69) is 4.74 Å². The highest BCUT2D eigenvalue weighted by atomic mass is 16.6. The zero-order valence-corrected chi connectivity index (χ0v) is 16.2. The Morgan fingerprint density at radius 2 is 1.59 bits per heavy atom. The number of carbonyl (C=O) groups excluding carboxylic acids is 3. The molecule has 0 spiro atoms. The molecular weight excluding hydrogens is 358 g/mol. The molecule has 0 aliphatic carbocycles. The summed E-state index contributed by atoms with van der Waals surface area (Å²) in [6.07, 6.45) is -2.14. The minimum absolute atomic E-state index is 0.0349. The second-order valence-electron chi connectivity index (χ2n) is 5.34. The molecule has 1 rings (SSSR count). The number of methoxy groups -OCH3 is 4. The molecule has 0 aliphatic rings. The lowest BCUT2D eigenvalue weighted by Crippen LogP contribution is -2.50. The van der Waals surface area contributed by atoms with Gasteiger partial charge in [-0.05, 0) is 30.2 Å². The minimum Gasteiger partial charge on any atom is -0.621 e. The van der Waals surface area contributed by atoms with Crippen molar-refractivity contribution in [2.75, 3.05) is 28.4 Å². The van der Waals surface area contributed by atoms with E-state index in [1.807, 2.05) is 0 Å². The van der Waals surface area contributed by atoms with Crippen LogP contribution in [-0.4, -0.2) is 57.5 Å². The molecule has 0 heterocycles. The number of hydrogen-bond donors (Lipinski definition) is 0. The molecule has 0 saturated heterocycles. The van der Waals surface area contributed by atoms with Crippen molar-refractivity contribution in [3.05, 3.63) is 29.9 Å². The summed E-state index contributed by atoms with van der Waals surface area (Å²) in [6.45, 7) is 4.35. The summed E-state index contributed by atoms with van der Waals surface area (Å²) in [6, 6.07) is 2.09. The van der Waals surface area contributed by atoms with Crippen LogP contribution < -0.4 is 9.47 Å². The molecule has 0 radical (unpaired) electrons. The third-order valence-electron chi connectivity index (χ3n) is 3.83. The van der Waals surface area contributed by atoms with Crippen LogP contribution in [-0.2, 0) is 25.4 Å². The zero-order valence-electron chi connectivity index (χ0n) is 16.2. The molecule has 1 atom stereocenters. The van der Waals surface area contributed by atoms with E-state index in [9.17, 15) is 14.4 Å². The molecule has 0 N–H and O–H groups in total. The Morgan fingerprint density at radius 3 is 2.07 bits per heavy atom.